The van der Waals surface area contributed by atoms with Gasteiger partial charge < -0.3 is 18.9 Å². The summed E-state index contributed by atoms with van der Waals surface area (Å²) in [4.78, 5) is 11.3. The molecule has 2 aromatic rings. The number of rotatable bonds is 8. The van der Waals surface area contributed by atoms with Gasteiger partial charge in [-0.15, -0.1) is 0 Å². The van der Waals surface area contributed by atoms with Crippen LogP contribution >= 0.6 is 23.8 Å². The topological polar surface area (TPSA) is 54.0 Å². The van der Waals surface area contributed by atoms with Gasteiger partial charge in [0.2, 0.25) is 5.05 Å². The number of halogens is 4. The molecule has 0 aliphatic carbocycles. The second kappa shape index (κ2) is 10.5. The van der Waals surface area contributed by atoms with E-state index in [2.05, 4.69) is 0 Å². The molecule has 0 spiro atoms. The first-order valence-corrected chi connectivity index (χ1v) is 9.52. The Morgan fingerprint density at radius 3 is 2.30 bits per heavy atom. The lowest BCUT2D eigenvalue weighted by molar-refractivity contribution is -0.145. The van der Waals surface area contributed by atoms with E-state index in [4.69, 9.17) is 42.8 Å². The lowest BCUT2D eigenvalue weighted by Gasteiger charge is -2.16. The largest absolute Gasteiger partial charge is 0.482 e. The Labute approximate surface area is 181 Å². The van der Waals surface area contributed by atoms with Crippen LogP contribution in [-0.2, 0) is 20.4 Å². The zero-order valence-electron chi connectivity index (χ0n) is 16.0. The van der Waals surface area contributed by atoms with Crippen LogP contribution in [0.3, 0.4) is 0 Å². The van der Waals surface area contributed by atoms with Crippen molar-refractivity contribution in [2.45, 2.75) is 26.1 Å². The van der Waals surface area contributed by atoms with Crippen molar-refractivity contribution < 1.29 is 36.9 Å². The fraction of sp³-hybridized carbons (Fsp3) is 0.300. The van der Waals surface area contributed by atoms with Crippen LogP contribution in [0.15, 0.2) is 42.5 Å². The molecule has 0 amide bonds. The molecule has 2 rings (SSSR count). The van der Waals surface area contributed by atoms with Crippen LogP contribution in [0.1, 0.15) is 19.4 Å². The van der Waals surface area contributed by atoms with Gasteiger partial charge in [-0.05, 0) is 68.5 Å². The van der Waals surface area contributed by atoms with Crippen LogP contribution in [0.5, 0.6) is 17.2 Å². The fourth-order valence-corrected chi connectivity index (χ4v) is 2.50. The van der Waals surface area contributed by atoms with Crippen LogP contribution in [0.25, 0.3) is 0 Å². The molecule has 30 heavy (non-hydrogen) atoms. The third-order valence-corrected chi connectivity index (χ3v) is 4.34. The summed E-state index contributed by atoms with van der Waals surface area (Å²) in [6.07, 6.45) is -5.11. The summed E-state index contributed by atoms with van der Waals surface area (Å²) in [5.41, 5.74) is -0.862. The molecule has 0 fully saturated rings. The number of ether oxygens (including phenoxy) is 4. The molecule has 1 atom stereocenters. The Morgan fingerprint density at radius 1 is 1.10 bits per heavy atom. The minimum absolute atomic E-state index is 0.0833. The summed E-state index contributed by atoms with van der Waals surface area (Å²) in [5, 5.41) is -0.0808. The third-order valence-electron chi connectivity index (χ3n) is 3.59. The summed E-state index contributed by atoms with van der Waals surface area (Å²) in [6, 6.07) is 9.11. The van der Waals surface area contributed by atoms with E-state index in [0.29, 0.717) is 11.5 Å². The summed E-state index contributed by atoms with van der Waals surface area (Å²) in [6.45, 7) is 3.27. The minimum atomic E-state index is -4.49. The average Bonchev–Trinajstić information content (AvgIpc) is 2.68. The highest BCUT2D eigenvalue weighted by molar-refractivity contribution is 7.80. The van der Waals surface area contributed by atoms with Gasteiger partial charge in [0, 0.05) is 0 Å². The van der Waals surface area contributed by atoms with Crippen molar-refractivity contribution in [2.24, 2.45) is 0 Å². The molecule has 0 aliphatic rings. The first-order valence-electron chi connectivity index (χ1n) is 8.73. The summed E-state index contributed by atoms with van der Waals surface area (Å²) < 4.78 is 59.1. The van der Waals surface area contributed by atoms with E-state index in [-0.39, 0.29) is 29.0 Å². The normalized spacial score (nSPS) is 12.1. The van der Waals surface area contributed by atoms with Gasteiger partial charge in [-0.3, -0.25) is 0 Å². The quantitative estimate of drug-likeness (QED) is 0.363. The Bertz CT molecular complexity index is 887. The highest BCUT2D eigenvalue weighted by Crippen LogP contribution is 2.36. The van der Waals surface area contributed by atoms with Gasteiger partial charge in [0.15, 0.2) is 12.7 Å². The number of carbonyl (C=O) groups is 1. The van der Waals surface area contributed by atoms with Crippen LogP contribution in [-0.4, -0.2) is 30.3 Å². The van der Waals surface area contributed by atoms with Crippen LogP contribution in [0.4, 0.5) is 13.2 Å². The average molecular weight is 463 g/mol. The Hall–Kier alpha value is -2.52. The molecule has 1 unspecified atom stereocenters. The number of hydrogen-bond acceptors (Lipinski definition) is 6. The molecule has 0 saturated carbocycles. The number of alkyl halides is 3. The number of thiocarbonyl (C=S) groups is 1. The summed E-state index contributed by atoms with van der Waals surface area (Å²) >= 11 is 10.9. The van der Waals surface area contributed by atoms with E-state index in [0.717, 1.165) is 18.2 Å². The molecule has 0 saturated heterocycles. The predicted molar refractivity (Wildman–Crippen MR) is 108 cm³/mol. The molecule has 0 radical (unpaired) electrons. The highest BCUT2D eigenvalue weighted by atomic mass is 35.5. The smallest absolute Gasteiger partial charge is 0.416 e. The monoisotopic (exact) mass is 462 g/mol. The number of hydrogen-bond donors (Lipinski definition) is 0. The zero-order valence-corrected chi connectivity index (χ0v) is 17.6. The summed E-state index contributed by atoms with van der Waals surface area (Å²) in [5.74, 6) is 0.337. The number of benzene rings is 2. The van der Waals surface area contributed by atoms with Gasteiger partial charge >= 0.3 is 12.1 Å². The van der Waals surface area contributed by atoms with Crippen molar-refractivity contribution in [1.82, 2.24) is 0 Å². The lowest BCUT2D eigenvalue weighted by Crippen LogP contribution is -2.27. The van der Waals surface area contributed by atoms with E-state index >= 15 is 0 Å². The molecule has 2 aromatic carbocycles. The van der Waals surface area contributed by atoms with Gasteiger partial charge in [0.1, 0.15) is 17.2 Å². The van der Waals surface area contributed by atoms with Gasteiger partial charge in [0.05, 0.1) is 17.2 Å². The van der Waals surface area contributed by atoms with E-state index < -0.39 is 23.8 Å². The van der Waals surface area contributed by atoms with Crippen molar-refractivity contribution in [1.29, 1.82) is 0 Å². The molecule has 162 valence electrons. The zero-order chi connectivity index (χ0) is 22.3. The second-order valence-electron chi connectivity index (χ2n) is 5.89. The third kappa shape index (κ3) is 7.07. The molecule has 10 heteroatoms. The van der Waals surface area contributed by atoms with Crippen molar-refractivity contribution in [3.05, 3.63) is 53.1 Å². The van der Waals surface area contributed by atoms with Crippen LogP contribution in [0.2, 0.25) is 5.02 Å². The molecule has 5 nitrogen and oxygen atoms in total. The molecule has 0 bridgehead atoms. The highest BCUT2D eigenvalue weighted by Gasteiger charge is 2.31. The van der Waals surface area contributed by atoms with E-state index in [9.17, 15) is 18.0 Å². The lowest BCUT2D eigenvalue weighted by atomic mass is 10.2. The van der Waals surface area contributed by atoms with Gasteiger partial charge in [-0.25, -0.2) is 4.79 Å². The van der Waals surface area contributed by atoms with Crippen LogP contribution in [0, 0.1) is 0 Å². The maximum absolute atomic E-state index is 12.7. The molecular formula is C20H18ClF3O5S. The van der Waals surface area contributed by atoms with Crippen molar-refractivity contribution in [2.75, 3.05) is 13.2 Å². The predicted octanol–water partition coefficient (Wildman–Crippen LogP) is 5.83. The molecular weight excluding hydrogens is 445 g/mol. The molecule has 0 aliphatic heterocycles. The number of carbonyl (C=O) groups excluding carboxylic acids is 1. The van der Waals surface area contributed by atoms with Crippen LogP contribution < -0.4 is 9.47 Å². The molecule has 0 aromatic heterocycles. The van der Waals surface area contributed by atoms with E-state index in [1.165, 1.54) is 0 Å². The van der Waals surface area contributed by atoms with Gasteiger partial charge in [-0.2, -0.15) is 13.2 Å². The first-order chi connectivity index (χ1) is 14.1. The van der Waals surface area contributed by atoms with Crippen molar-refractivity contribution in [3.8, 4) is 17.2 Å². The van der Waals surface area contributed by atoms with Gasteiger partial charge in [-0.1, -0.05) is 11.6 Å². The Morgan fingerprint density at radius 2 is 1.73 bits per heavy atom. The maximum atomic E-state index is 12.7. The SMILES string of the molecule is CCOC(=O)COC(=S)C(C)Oc1ccc(Oc2ccc(C(F)(F)F)cc2Cl)cc1. The molecule has 0 N–H and O–H groups in total. The summed E-state index contributed by atoms with van der Waals surface area (Å²) in [7, 11) is 0. The Kier molecular flexibility index (Phi) is 8.31. The maximum Gasteiger partial charge on any atom is 0.416 e. The minimum Gasteiger partial charge on any atom is -0.482 e. The Balaban J connectivity index is 1.93. The van der Waals surface area contributed by atoms with Crippen molar-refractivity contribution >= 4 is 34.8 Å². The van der Waals surface area contributed by atoms with Gasteiger partial charge in [0.25, 0.3) is 0 Å². The molecule has 0 heterocycles. The second-order valence-corrected chi connectivity index (χ2v) is 6.70. The van der Waals surface area contributed by atoms with E-state index in [1.807, 2.05) is 0 Å². The van der Waals surface area contributed by atoms with E-state index in [1.54, 1.807) is 38.1 Å². The fourth-order valence-electron chi connectivity index (χ4n) is 2.18. The first kappa shape index (κ1) is 23.8. The van der Waals surface area contributed by atoms with Crippen molar-refractivity contribution in [3.63, 3.8) is 0 Å². The number of esters is 1. The standard InChI is InChI=1S/C20H18ClF3O5S/c1-3-26-18(25)11-27-19(30)12(2)28-14-5-7-15(8-6-14)29-17-9-4-13(10-16(17)21)20(22,23)24/h4-10,12H,3,11H2,1-2H3.